The Bertz CT molecular complexity index is 398. The zero-order valence-corrected chi connectivity index (χ0v) is 14.1. The van der Waals surface area contributed by atoms with Crippen LogP contribution in [0.25, 0.3) is 0 Å². The maximum Gasteiger partial charge on any atom is 0.305 e. The minimum Gasteiger partial charge on any atom is -0.469 e. The van der Waals surface area contributed by atoms with Gasteiger partial charge < -0.3 is 9.47 Å². The molecule has 1 aliphatic rings. The summed E-state index contributed by atoms with van der Waals surface area (Å²) in [5.41, 5.74) is 3.36. The summed E-state index contributed by atoms with van der Waals surface area (Å²) in [4.78, 5) is 11.1. The molecule has 112 valence electrons. The second kappa shape index (κ2) is 8.28. The van der Waals surface area contributed by atoms with Crippen LogP contribution in [0, 0.1) is 11.5 Å². The van der Waals surface area contributed by atoms with Crippen molar-refractivity contribution in [2.24, 2.45) is 0 Å². The fourth-order valence-corrected chi connectivity index (χ4v) is 2.66. The summed E-state index contributed by atoms with van der Waals surface area (Å²) in [6, 6.07) is 0. The van der Waals surface area contributed by atoms with E-state index in [1.807, 2.05) is 0 Å². The molecule has 0 aromatic rings. The Balaban J connectivity index is 2.31. The molecule has 4 heteroatoms. The molecular weight excluding hydrogens is 268 g/mol. The smallest absolute Gasteiger partial charge is 0.305 e. The van der Waals surface area contributed by atoms with Crippen LogP contribution in [0.1, 0.15) is 32.1 Å². The maximum atomic E-state index is 11.1. The van der Waals surface area contributed by atoms with Gasteiger partial charge >= 0.3 is 5.97 Å². The number of carbonyl (C=O) groups excluding carboxylic acids is 1. The predicted molar refractivity (Wildman–Crippen MR) is 84.0 cm³/mol. The summed E-state index contributed by atoms with van der Waals surface area (Å²) in [6.07, 6.45) is 8.49. The van der Waals surface area contributed by atoms with Gasteiger partial charge in [0, 0.05) is 12.8 Å². The average molecular weight is 294 g/mol. The first-order valence-corrected chi connectivity index (χ1v) is 10.8. The highest BCUT2D eigenvalue weighted by atomic mass is 28.3. The molecule has 0 amide bonds. The first kappa shape index (κ1) is 17.0. The summed E-state index contributed by atoms with van der Waals surface area (Å²) in [5.74, 6) is 3.12. The van der Waals surface area contributed by atoms with Gasteiger partial charge in [0.15, 0.2) is 0 Å². The molecule has 0 N–H and O–H groups in total. The first-order chi connectivity index (χ1) is 9.40. The van der Waals surface area contributed by atoms with Gasteiger partial charge in [0.05, 0.1) is 19.3 Å². The summed E-state index contributed by atoms with van der Waals surface area (Å²) >= 11 is 0. The summed E-state index contributed by atoms with van der Waals surface area (Å²) in [5, 5.41) is 0. The number of hydrogen-bond acceptors (Lipinski definition) is 3. The second-order valence-corrected chi connectivity index (χ2v) is 10.9. The maximum absolute atomic E-state index is 11.1. The molecule has 0 fully saturated rings. The first-order valence-electron chi connectivity index (χ1n) is 7.29. The number of hydrogen-bond donors (Lipinski definition) is 0. The van der Waals surface area contributed by atoms with Crippen LogP contribution in [-0.4, -0.2) is 33.4 Å². The van der Waals surface area contributed by atoms with E-state index in [1.165, 1.54) is 7.11 Å². The molecule has 0 bridgehead atoms. The fourth-order valence-electron chi connectivity index (χ4n) is 2.03. The van der Waals surface area contributed by atoms with Crippen molar-refractivity contribution in [3.63, 3.8) is 0 Å². The monoisotopic (exact) mass is 294 g/mol. The number of ether oxygens (including phenoxy) is 2. The molecule has 1 rings (SSSR count). The van der Waals surface area contributed by atoms with E-state index in [1.54, 1.807) is 0 Å². The quantitative estimate of drug-likeness (QED) is 0.338. The van der Waals surface area contributed by atoms with E-state index in [-0.39, 0.29) is 18.2 Å². The third-order valence-corrected chi connectivity index (χ3v) is 3.95. The van der Waals surface area contributed by atoms with Gasteiger partial charge in [-0.1, -0.05) is 31.8 Å². The van der Waals surface area contributed by atoms with Crippen molar-refractivity contribution in [1.29, 1.82) is 0 Å². The number of esters is 1. The lowest BCUT2D eigenvalue weighted by Crippen LogP contribution is -2.24. The van der Waals surface area contributed by atoms with Gasteiger partial charge in [-0.2, -0.15) is 0 Å². The highest BCUT2D eigenvalue weighted by Crippen LogP contribution is 2.19. The fraction of sp³-hybridized carbons (Fsp3) is 0.688. The second-order valence-electron chi connectivity index (χ2n) is 6.18. The van der Waals surface area contributed by atoms with Gasteiger partial charge in [-0.25, -0.2) is 0 Å². The molecule has 0 aromatic heterocycles. The van der Waals surface area contributed by atoms with Crippen LogP contribution in [0.2, 0.25) is 19.6 Å². The molecule has 0 unspecified atom stereocenters. The van der Waals surface area contributed by atoms with Crippen LogP contribution in [0.3, 0.4) is 0 Å². The SMILES string of the molecule is COC(=O)CCC[C@@H]1CC=C[C@@H](CC#C[Si](C)(C)C)O1. The van der Waals surface area contributed by atoms with Crippen molar-refractivity contribution < 1.29 is 14.3 Å². The number of rotatable bonds is 5. The number of methoxy groups -OCH3 is 1. The van der Waals surface area contributed by atoms with Crippen LogP contribution in [0.15, 0.2) is 12.2 Å². The normalized spacial score (nSPS) is 22.0. The summed E-state index contributed by atoms with van der Waals surface area (Å²) in [6.45, 7) is 6.73. The van der Waals surface area contributed by atoms with Crippen molar-refractivity contribution in [2.45, 2.75) is 64.0 Å². The largest absolute Gasteiger partial charge is 0.469 e. The van der Waals surface area contributed by atoms with Gasteiger partial charge in [0.1, 0.15) is 8.07 Å². The minimum atomic E-state index is -1.29. The van der Waals surface area contributed by atoms with Crippen LogP contribution in [0.4, 0.5) is 0 Å². The van der Waals surface area contributed by atoms with Crippen LogP contribution < -0.4 is 0 Å². The zero-order valence-electron chi connectivity index (χ0n) is 13.1. The standard InChI is InChI=1S/C16H26O3Si/c1-18-16(17)12-6-10-14-8-5-9-15(19-14)11-7-13-20(2,3)4/h5,9,14-15H,6,8,10-12H2,1-4H3/t14-,15-/m0/s1. The van der Waals surface area contributed by atoms with Gasteiger partial charge in [0.2, 0.25) is 0 Å². The van der Waals surface area contributed by atoms with E-state index in [9.17, 15) is 4.79 Å². The van der Waals surface area contributed by atoms with Gasteiger partial charge in [-0.05, 0) is 19.3 Å². The third kappa shape index (κ3) is 7.52. The van der Waals surface area contributed by atoms with E-state index in [0.717, 1.165) is 25.7 Å². The number of carbonyl (C=O) groups is 1. The zero-order chi connectivity index (χ0) is 15.0. The Labute approximate surface area is 123 Å². The molecule has 0 aromatic carbocycles. The van der Waals surface area contributed by atoms with Crippen LogP contribution >= 0.6 is 0 Å². The van der Waals surface area contributed by atoms with Crippen molar-refractivity contribution >= 4 is 14.0 Å². The summed E-state index contributed by atoms with van der Waals surface area (Å²) in [7, 11) is 0.137. The van der Waals surface area contributed by atoms with Gasteiger partial charge in [-0.15, -0.1) is 11.5 Å². The van der Waals surface area contributed by atoms with Crippen molar-refractivity contribution in [1.82, 2.24) is 0 Å². The molecule has 0 spiro atoms. The lowest BCUT2D eigenvalue weighted by Gasteiger charge is -2.25. The molecule has 0 saturated heterocycles. The highest BCUT2D eigenvalue weighted by Gasteiger charge is 2.18. The molecule has 20 heavy (non-hydrogen) atoms. The van der Waals surface area contributed by atoms with E-state index in [4.69, 9.17) is 4.74 Å². The topological polar surface area (TPSA) is 35.5 Å². The highest BCUT2D eigenvalue weighted by molar-refractivity contribution is 6.83. The third-order valence-electron chi connectivity index (χ3n) is 3.02. The van der Waals surface area contributed by atoms with Crippen LogP contribution in [-0.2, 0) is 14.3 Å². The Kier molecular flexibility index (Phi) is 7.04. The minimum absolute atomic E-state index is 0.107. The Morgan fingerprint density at radius 1 is 1.45 bits per heavy atom. The van der Waals surface area contributed by atoms with Crippen LogP contribution in [0.5, 0.6) is 0 Å². The lowest BCUT2D eigenvalue weighted by atomic mass is 10.0. The average Bonchev–Trinajstić information content (AvgIpc) is 2.37. The van der Waals surface area contributed by atoms with E-state index >= 15 is 0 Å². The Hall–Kier alpha value is -1.05. The Morgan fingerprint density at radius 3 is 2.85 bits per heavy atom. The van der Waals surface area contributed by atoms with Crippen molar-refractivity contribution in [3.05, 3.63) is 12.2 Å². The van der Waals surface area contributed by atoms with Gasteiger partial charge in [0.25, 0.3) is 0 Å². The molecule has 1 heterocycles. The molecule has 3 nitrogen and oxygen atoms in total. The predicted octanol–water partition coefficient (Wildman–Crippen LogP) is 3.31. The van der Waals surface area contributed by atoms with Crippen molar-refractivity contribution in [3.8, 4) is 11.5 Å². The van der Waals surface area contributed by atoms with E-state index in [2.05, 4.69) is 48.0 Å². The summed E-state index contributed by atoms with van der Waals surface area (Å²) < 4.78 is 10.6. The van der Waals surface area contributed by atoms with Gasteiger partial charge in [-0.3, -0.25) is 4.79 Å². The van der Waals surface area contributed by atoms with E-state index in [0.29, 0.717) is 6.42 Å². The Morgan fingerprint density at radius 2 is 2.20 bits per heavy atom. The molecule has 0 radical (unpaired) electrons. The van der Waals surface area contributed by atoms with Crippen molar-refractivity contribution in [2.75, 3.05) is 7.11 Å². The lowest BCUT2D eigenvalue weighted by molar-refractivity contribution is -0.140. The molecule has 0 aliphatic carbocycles. The molecular formula is C16H26O3Si. The molecule has 2 atom stereocenters. The molecule has 0 saturated carbocycles. The van der Waals surface area contributed by atoms with E-state index < -0.39 is 8.07 Å². The molecule has 1 aliphatic heterocycles.